The molecule has 0 spiro atoms. The zero-order valence-electron chi connectivity index (χ0n) is 8.83. The van der Waals surface area contributed by atoms with Gasteiger partial charge in [0.05, 0.1) is 12.5 Å². The van der Waals surface area contributed by atoms with Crippen LogP contribution in [-0.4, -0.2) is 23.1 Å². The van der Waals surface area contributed by atoms with Crippen LogP contribution in [0.2, 0.25) is 0 Å². The number of carbonyl (C=O) groups is 2. The average Bonchev–Trinajstić information content (AvgIpc) is 2.28. The molecule has 3 atom stereocenters. The lowest BCUT2D eigenvalue weighted by atomic mass is 9.85. The molecule has 5 heteroatoms. The van der Waals surface area contributed by atoms with Crippen molar-refractivity contribution in [1.82, 2.24) is 0 Å². The highest BCUT2D eigenvalue weighted by atomic mass is 16.6. The maximum atomic E-state index is 11.7. The van der Waals surface area contributed by atoms with E-state index in [1.54, 1.807) is 24.3 Å². The Hall–Kier alpha value is -1.88. The highest BCUT2D eigenvalue weighted by Crippen LogP contribution is 2.42. The maximum absolute atomic E-state index is 11.7. The number of esters is 2. The number of hydrogen-bond acceptors (Lipinski definition) is 5. The molecule has 3 unspecified atom stereocenters. The van der Waals surface area contributed by atoms with E-state index in [-0.39, 0.29) is 6.42 Å². The highest BCUT2D eigenvalue weighted by molar-refractivity contribution is 5.83. The topological polar surface area (TPSA) is 72.8 Å². The molecule has 1 aromatic rings. The molecule has 5 nitrogen and oxygen atoms in total. The monoisotopic (exact) mass is 234 g/mol. The van der Waals surface area contributed by atoms with Crippen LogP contribution >= 0.6 is 0 Å². The second-order valence-corrected chi connectivity index (χ2v) is 4.17. The third-order valence-electron chi connectivity index (χ3n) is 3.08. The van der Waals surface area contributed by atoms with Crippen molar-refractivity contribution < 1.29 is 24.2 Å². The Morgan fingerprint density at radius 2 is 2.00 bits per heavy atom. The molecule has 88 valence electrons. The zero-order chi connectivity index (χ0) is 12.0. The number of hydrogen-bond donors (Lipinski definition) is 1. The Morgan fingerprint density at radius 1 is 1.24 bits per heavy atom. The van der Waals surface area contributed by atoms with E-state index >= 15 is 0 Å². The normalized spacial score (nSPS) is 31.0. The summed E-state index contributed by atoms with van der Waals surface area (Å²) in [7, 11) is 0. The van der Waals surface area contributed by atoms with E-state index in [2.05, 4.69) is 0 Å². The molecule has 0 radical (unpaired) electrons. The molecule has 0 saturated carbocycles. The first kappa shape index (κ1) is 10.3. The number of aliphatic hydroxyl groups is 1. The van der Waals surface area contributed by atoms with E-state index in [0.29, 0.717) is 11.3 Å². The second kappa shape index (κ2) is 3.56. The van der Waals surface area contributed by atoms with Gasteiger partial charge in [-0.3, -0.25) is 9.59 Å². The Bertz CT molecular complexity index is 495. The Balaban J connectivity index is 2.08. The molecular formula is C12H10O5. The Kier molecular flexibility index (Phi) is 2.16. The standard InChI is InChI=1S/C12H10O5/c13-7-5-9(14)17-11-6-3-1-2-4-8(6)16-12(15)10(7)11/h1-4,7,10-11,13H,5H2. The second-order valence-electron chi connectivity index (χ2n) is 4.17. The van der Waals surface area contributed by atoms with Crippen molar-refractivity contribution in [2.24, 2.45) is 5.92 Å². The first-order chi connectivity index (χ1) is 8.16. The van der Waals surface area contributed by atoms with Crippen LogP contribution in [0.5, 0.6) is 5.75 Å². The third-order valence-corrected chi connectivity index (χ3v) is 3.08. The van der Waals surface area contributed by atoms with Gasteiger partial charge < -0.3 is 14.6 Å². The molecule has 1 fully saturated rings. The van der Waals surface area contributed by atoms with Gasteiger partial charge in [-0.25, -0.2) is 0 Å². The number of fused-ring (bicyclic) bond motifs is 3. The molecule has 0 aromatic heterocycles. The van der Waals surface area contributed by atoms with Gasteiger partial charge in [0.25, 0.3) is 0 Å². The van der Waals surface area contributed by atoms with Crippen LogP contribution in [0.1, 0.15) is 18.1 Å². The fourth-order valence-electron chi connectivity index (χ4n) is 2.29. The van der Waals surface area contributed by atoms with Gasteiger partial charge in [-0.1, -0.05) is 18.2 Å². The quantitative estimate of drug-likeness (QED) is 0.525. The van der Waals surface area contributed by atoms with Gasteiger partial charge in [-0.2, -0.15) is 0 Å². The van der Waals surface area contributed by atoms with E-state index < -0.39 is 30.1 Å². The van der Waals surface area contributed by atoms with Gasteiger partial charge in [0.15, 0.2) is 0 Å². The van der Waals surface area contributed by atoms with E-state index in [0.717, 1.165) is 0 Å². The summed E-state index contributed by atoms with van der Waals surface area (Å²) in [5.74, 6) is -1.47. The van der Waals surface area contributed by atoms with E-state index in [9.17, 15) is 14.7 Å². The summed E-state index contributed by atoms with van der Waals surface area (Å²) in [6.07, 6.45) is -1.94. The lowest BCUT2D eigenvalue weighted by Crippen LogP contribution is -2.46. The molecule has 1 aromatic carbocycles. The predicted molar refractivity (Wildman–Crippen MR) is 55.0 cm³/mol. The maximum Gasteiger partial charge on any atom is 0.321 e. The van der Waals surface area contributed by atoms with Crippen molar-refractivity contribution in [1.29, 1.82) is 0 Å². The first-order valence-electron chi connectivity index (χ1n) is 5.35. The summed E-state index contributed by atoms with van der Waals surface area (Å²) in [5.41, 5.74) is 0.629. The zero-order valence-corrected chi connectivity index (χ0v) is 8.83. The largest absolute Gasteiger partial charge is 0.456 e. The van der Waals surface area contributed by atoms with Crippen LogP contribution in [0.3, 0.4) is 0 Å². The molecule has 17 heavy (non-hydrogen) atoms. The van der Waals surface area contributed by atoms with Crippen LogP contribution in [0, 0.1) is 5.92 Å². The van der Waals surface area contributed by atoms with Crippen molar-refractivity contribution >= 4 is 11.9 Å². The lowest BCUT2D eigenvalue weighted by Gasteiger charge is -2.37. The minimum atomic E-state index is -1.04. The highest BCUT2D eigenvalue weighted by Gasteiger charge is 2.48. The SMILES string of the molecule is O=C1CC(O)C2C(=O)Oc3ccccc3C2O1. The first-order valence-corrected chi connectivity index (χ1v) is 5.35. The summed E-state index contributed by atoms with van der Waals surface area (Å²) < 4.78 is 10.3. The van der Waals surface area contributed by atoms with Gasteiger partial charge in [0.2, 0.25) is 0 Å². The van der Waals surface area contributed by atoms with Crippen LogP contribution in [0.4, 0.5) is 0 Å². The van der Waals surface area contributed by atoms with Crippen molar-refractivity contribution in [2.45, 2.75) is 18.6 Å². The van der Waals surface area contributed by atoms with Gasteiger partial charge >= 0.3 is 11.9 Å². The number of aliphatic hydroxyl groups excluding tert-OH is 1. The van der Waals surface area contributed by atoms with Gasteiger partial charge in [-0.05, 0) is 6.07 Å². The summed E-state index contributed by atoms with van der Waals surface area (Å²) in [6, 6.07) is 6.86. The molecular weight excluding hydrogens is 224 g/mol. The Morgan fingerprint density at radius 3 is 2.82 bits per heavy atom. The minimum Gasteiger partial charge on any atom is -0.456 e. The Labute approximate surface area is 97.0 Å². The van der Waals surface area contributed by atoms with Crippen LogP contribution < -0.4 is 4.74 Å². The number of ether oxygens (including phenoxy) is 2. The number of para-hydroxylation sites is 1. The number of benzene rings is 1. The molecule has 2 aliphatic rings. The summed E-state index contributed by atoms with van der Waals surface area (Å²) in [6.45, 7) is 0. The summed E-state index contributed by atoms with van der Waals surface area (Å²) in [5, 5.41) is 9.77. The van der Waals surface area contributed by atoms with Crippen LogP contribution in [-0.2, 0) is 14.3 Å². The van der Waals surface area contributed by atoms with Crippen molar-refractivity contribution in [3.63, 3.8) is 0 Å². The minimum absolute atomic E-state index is 0.168. The van der Waals surface area contributed by atoms with Gasteiger partial charge in [0, 0.05) is 5.56 Å². The molecule has 1 saturated heterocycles. The molecule has 2 heterocycles. The molecule has 1 N–H and O–H groups in total. The van der Waals surface area contributed by atoms with Crippen molar-refractivity contribution in [3.8, 4) is 5.75 Å². The number of rotatable bonds is 0. The van der Waals surface area contributed by atoms with E-state index in [1.165, 1.54) is 0 Å². The smallest absolute Gasteiger partial charge is 0.321 e. The molecule has 2 aliphatic heterocycles. The summed E-state index contributed by atoms with van der Waals surface area (Å²) >= 11 is 0. The van der Waals surface area contributed by atoms with Crippen molar-refractivity contribution in [2.75, 3.05) is 0 Å². The molecule has 0 bridgehead atoms. The van der Waals surface area contributed by atoms with Gasteiger partial charge in [0.1, 0.15) is 17.8 Å². The summed E-state index contributed by atoms with van der Waals surface area (Å²) in [4.78, 5) is 23.0. The van der Waals surface area contributed by atoms with Crippen LogP contribution in [0.15, 0.2) is 24.3 Å². The lowest BCUT2D eigenvalue weighted by molar-refractivity contribution is -0.180. The fraction of sp³-hybridized carbons (Fsp3) is 0.333. The average molecular weight is 234 g/mol. The molecule has 0 amide bonds. The van der Waals surface area contributed by atoms with Crippen LogP contribution in [0.25, 0.3) is 0 Å². The number of carbonyl (C=O) groups excluding carboxylic acids is 2. The van der Waals surface area contributed by atoms with Gasteiger partial charge in [-0.15, -0.1) is 0 Å². The van der Waals surface area contributed by atoms with E-state index in [4.69, 9.17) is 9.47 Å². The molecule has 3 rings (SSSR count). The molecule has 0 aliphatic carbocycles. The predicted octanol–water partition coefficient (Wildman–Crippen LogP) is 0.571. The third kappa shape index (κ3) is 1.51. The fourth-order valence-corrected chi connectivity index (χ4v) is 2.29. The van der Waals surface area contributed by atoms with Crippen molar-refractivity contribution in [3.05, 3.63) is 29.8 Å². The van der Waals surface area contributed by atoms with E-state index in [1.807, 2.05) is 0 Å².